The van der Waals surface area contributed by atoms with Crippen LogP contribution in [0.3, 0.4) is 0 Å². The molecule has 0 N–H and O–H groups in total. The molecule has 0 atom stereocenters. The monoisotopic (exact) mass is 464 g/mol. The number of aryl methyl sites for hydroxylation is 2. The lowest BCUT2D eigenvalue weighted by molar-refractivity contribution is 0.147. The van der Waals surface area contributed by atoms with Crippen molar-refractivity contribution in [2.45, 2.75) is 90.9 Å². The van der Waals surface area contributed by atoms with Crippen LogP contribution < -0.4 is 9.47 Å². The lowest BCUT2D eigenvalue weighted by Crippen LogP contribution is -2.17. The van der Waals surface area contributed by atoms with E-state index < -0.39 is 6.16 Å². The Morgan fingerprint density at radius 1 is 0.706 bits per heavy atom. The van der Waals surface area contributed by atoms with E-state index in [1.807, 2.05) is 24.3 Å². The fourth-order valence-electron chi connectivity index (χ4n) is 3.56. The Balaban J connectivity index is 1.86. The zero-order valence-electron chi connectivity index (χ0n) is 20.9. The van der Waals surface area contributed by atoms with Crippen LogP contribution >= 0.6 is 0 Å². The van der Waals surface area contributed by atoms with Gasteiger partial charge in [-0.15, -0.1) is 0 Å². The van der Waals surface area contributed by atoms with Crippen molar-refractivity contribution in [3.8, 4) is 11.8 Å². The minimum absolute atomic E-state index is 0.291. The van der Waals surface area contributed by atoms with Crippen molar-refractivity contribution in [1.82, 2.24) is 9.97 Å². The van der Waals surface area contributed by atoms with Gasteiger partial charge in [0.05, 0.1) is 0 Å². The zero-order valence-corrected chi connectivity index (χ0v) is 20.9. The number of hydrogen-bond donors (Lipinski definition) is 0. The van der Waals surface area contributed by atoms with E-state index in [0.29, 0.717) is 11.8 Å². The third-order valence-electron chi connectivity index (χ3n) is 5.50. The highest BCUT2D eigenvalue weighted by molar-refractivity contribution is 5.66. The smallest absolute Gasteiger partial charge is 0.375 e. The quantitative estimate of drug-likeness (QED) is 0.142. The highest BCUT2D eigenvalue weighted by Gasteiger charge is 2.15. The number of pyridine rings is 2. The second-order valence-corrected chi connectivity index (χ2v) is 8.40. The summed E-state index contributed by atoms with van der Waals surface area (Å²) in [6.07, 6.45) is 24.2. The van der Waals surface area contributed by atoms with Crippen LogP contribution in [0.25, 0.3) is 0 Å². The molecule has 5 nitrogen and oxygen atoms in total. The summed E-state index contributed by atoms with van der Waals surface area (Å²) in [4.78, 5) is 21.0. The van der Waals surface area contributed by atoms with Crippen LogP contribution in [0.15, 0.2) is 61.0 Å². The number of hydrogen-bond acceptors (Lipinski definition) is 5. The Morgan fingerprint density at radius 2 is 1.15 bits per heavy atom. The first-order valence-corrected chi connectivity index (χ1v) is 12.8. The van der Waals surface area contributed by atoms with Crippen molar-refractivity contribution >= 4 is 6.16 Å². The average molecular weight is 465 g/mol. The van der Waals surface area contributed by atoms with Crippen LogP contribution in [0.4, 0.5) is 4.79 Å². The second kappa shape index (κ2) is 17.5. The fourth-order valence-corrected chi connectivity index (χ4v) is 3.56. The highest BCUT2D eigenvalue weighted by atomic mass is 16.7. The number of unbranched alkanes of at least 4 members (excludes halogenated alkanes) is 6. The van der Waals surface area contributed by atoms with Gasteiger partial charge in [-0.2, -0.15) is 0 Å². The lowest BCUT2D eigenvalue weighted by Gasteiger charge is -2.10. The molecule has 5 heteroatoms. The first kappa shape index (κ1) is 27.3. The molecule has 0 aliphatic heterocycles. The third-order valence-corrected chi connectivity index (χ3v) is 5.50. The van der Waals surface area contributed by atoms with Gasteiger partial charge in [0.15, 0.2) is 0 Å². The maximum absolute atomic E-state index is 12.5. The van der Waals surface area contributed by atoms with E-state index in [1.165, 1.54) is 38.5 Å². The topological polar surface area (TPSA) is 61.3 Å². The number of carbonyl (C=O) groups excluding carboxylic acids is 1. The molecule has 2 heterocycles. The van der Waals surface area contributed by atoms with E-state index in [0.717, 1.165) is 49.7 Å². The summed E-state index contributed by atoms with van der Waals surface area (Å²) in [5.74, 6) is 0.582. The van der Waals surface area contributed by atoms with Crippen LogP contribution in [0.5, 0.6) is 11.8 Å². The van der Waals surface area contributed by atoms with Gasteiger partial charge in [0.25, 0.3) is 0 Å². The Bertz CT molecular complexity index is 821. The number of aromatic nitrogens is 2. The predicted molar refractivity (Wildman–Crippen MR) is 138 cm³/mol. The summed E-state index contributed by atoms with van der Waals surface area (Å²) in [5, 5.41) is 0. The maximum atomic E-state index is 12.5. The van der Waals surface area contributed by atoms with Gasteiger partial charge >= 0.3 is 6.16 Å². The largest absolute Gasteiger partial charge is 0.522 e. The third kappa shape index (κ3) is 11.3. The minimum Gasteiger partial charge on any atom is -0.375 e. The van der Waals surface area contributed by atoms with Crippen LogP contribution in [0.1, 0.15) is 89.2 Å². The summed E-state index contributed by atoms with van der Waals surface area (Å²) in [7, 11) is 0. The Labute approximate surface area is 205 Å². The molecule has 184 valence electrons. The molecule has 0 fully saturated rings. The van der Waals surface area contributed by atoms with Gasteiger partial charge in [-0.3, -0.25) is 0 Å². The highest BCUT2D eigenvalue weighted by Crippen LogP contribution is 2.20. The number of rotatable bonds is 16. The maximum Gasteiger partial charge on any atom is 0.522 e. The molecule has 0 saturated heterocycles. The minimum atomic E-state index is -0.815. The van der Waals surface area contributed by atoms with Crippen molar-refractivity contribution in [1.29, 1.82) is 0 Å². The van der Waals surface area contributed by atoms with Crippen molar-refractivity contribution in [2.24, 2.45) is 0 Å². The van der Waals surface area contributed by atoms with Crippen LogP contribution in [0.2, 0.25) is 0 Å². The van der Waals surface area contributed by atoms with Gasteiger partial charge in [-0.05, 0) is 63.5 Å². The Morgan fingerprint density at radius 3 is 1.59 bits per heavy atom. The second-order valence-electron chi connectivity index (χ2n) is 8.40. The molecule has 0 saturated carbocycles. The van der Waals surface area contributed by atoms with Gasteiger partial charge in [0, 0.05) is 23.5 Å². The first-order chi connectivity index (χ1) is 16.7. The van der Waals surface area contributed by atoms with Gasteiger partial charge in [0.1, 0.15) is 0 Å². The molecule has 0 amide bonds. The van der Waals surface area contributed by atoms with Crippen molar-refractivity contribution in [2.75, 3.05) is 0 Å². The van der Waals surface area contributed by atoms with E-state index in [2.05, 4.69) is 48.1 Å². The van der Waals surface area contributed by atoms with E-state index in [-0.39, 0.29) is 0 Å². The summed E-state index contributed by atoms with van der Waals surface area (Å²) in [6.45, 7) is 4.42. The number of allylic oxidation sites excluding steroid dienone is 4. The molecular formula is C29H40N2O3. The molecule has 0 aromatic carbocycles. The first-order valence-electron chi connectivity index (χ1n) is 12.8. The molecule has 0 aliphatic carbocycles. The molecule has 34 heavy (non-hydrogen) atoms. The SMILES string of the molecule is CCCCC/C=C\CCc1cccnc1OC(=O)Oc1ncccc1CC/C=C\CCCCC. The number of ether oxygens (including phenoxy) is 2. The number of nitrogens with zero attached hydrogens (tertiary/aromatic N) is 2. The Hall–Kier alpha value is -2.95. The van der Waals surface area contributed by atoms with Crippen LogP contribution in [-0.4, -0.2) is 16.1 Å². The molecule has 0 unspecified atom stereocenters. The summed E-state index contributed by atoms with van der Waals surface area (Å²) in [5.41, 5.74) is 1.76. The molecule has 0 bridgehead atoms. The molecule has 2 rings (SSSR count). The van der Waals surface area contributed by atoms with Crippen LogP contribution in [-0.2, 0) is 12.8 Å². The molecule has 2 aromatic heterocycles. The molecule has 0 aliphatic rings. The van der Waals surface area contributed by atoms with E-state index in [9.17, 15) is 4.79 Å². The Kier molecular flexibility index (Phi) is 14.1. The zero-order chi connectivity index (χ0) is 24.3. The van der Waals surface area contributed by atoms with Gasteiger partial charge < -0.3 is 9.47 Å². The van der Waals surface area contributed by atoms with E-state index in [4.69, 9.17) is 9.47 Å². The fraction of sp³-hybridized carbons (Fsp3) is 0.483. The summed E-state index contributed by atoms with van der Waals surface area (Å²) < 4.78 is 10.9. The summed E-state index contributed by atoms with van der Waals surface area (Å²) >= 11 is 0. The molecular weight excluding hydrogens is 424 g/mol. The lowest BCUT2D eigenvalue weighted by atomic mass is 10.1. The van der Waals surface area contributed by atoms with Gasteiger partial charge in [-0.1, -0.05) is 76.0 Å². The van der Waals surface area contributed by atoms with Crippen molar-refractivity contribution in [3.05, 3.63) is 72.1 Å². The average Bonchev–Trinajstić information content (AvgIpc) is 2.85. The molecule has 0 radical (unpaired) electrons. The van der Waals surface area contributed by atoms with E-state index >= 15 is 0 Å². The van der Waals surface area contributed by atoms with Gasteiger partial charge in [0.2, 0.25) is 11.8 Å². The normalized spacial score (nSPS) is 11.4. The summed E-state index contributed by atoms with van der Waals surface area (Å²) in [6, 6.07) is 7.56. The van der Waals surface area contributed by atoms with Crippen molar-refractivity contribution < 1.29 is 14.3 Å². The van der Waals surface area contributed by atoms with Crippen LogP contribution in [0, 0.1) is 0 Å². The van der Waals surface area contributed by atoms with Gasteiger partial charge in [-0.25, -0.2) is 14.8 Å². The van der Waals surface area contributed by atoms with E-state index in [1.54, 1.807) is 12.4 Å². The standard InChI is InChI=1S/C29H40N2O3/c1-3-5-7-9-11-13-15-19-25-21-17-23-30-27(25)33-29(32)34-28-26(22-18-24-31-28)20-16-14-12-10-8-6-4-2/h11-14,17-18,21-24H,3-10,15-16,19-20H2,1-2H3/b13-11-,14-12-. The molecule has 0 spiro atoms. The predicted octanol–water partition coefficient (Wildman–Crippen LogP) is 8.19. The number of carbonyl (C=O) groups is 1. The van der Waals surface area contributed by atoms with Crippen molar-refractivity contribution in [3.63, 3.8) is 0 Å². The molecule has 2 aromatic rings.